The van der Waals surface area contributed by atoms with Gasteiger partial charge in [0.25, 0.3) is 0 Å². The van der Waals surface area contributed by atoms with E-state index in [2.05, 4.69) is 38.4 Å². The molecule has 0 aromatic carbocycles. The Kier molecular flexibility index (Phi) is 4.58. The van der Waals surface area contributed by atoms with Gasteiger partial charge in [0.1, 0.15) is 0 Å². The Hall–Kier alpha value is -1.22. The molecule has 1 heterocycles. The Morgan fingerprint density at radius 2 is 2.25 bits per heavy atom. The molecule has 0 saturated heterocycles. The van der Waals surface area contributed by atoms with Crippen molar-refractivity contribution in [2.75, 3.05) is 0 Å². The fraction of sp³-hybridized carbons (Fsp3) is 0.529. The molecular formula is C17H26O2Si. The second-order valence-corrected chi connectivity index (χ2v) is 11.2. The van der Waals surface area contributed by atoms with E-state index in [9.17, 15) is 0 Å². The molecule has 0 radical (unpaired) electrons. The van der Waals surface area contributed by atoms with Gasteiger partial charge in [0, 0.05) is 11.8 Å². The van der Waals surface area contributed by atoms with Crippen molar-refractivity contribution in [2.45, 2.75) is 51.7 Å². The molecule has 0 bridgehead atoms. The standard InChI is InChI=1S/C17H26O2Si/c1-5-17(10-6-7-15-9-12-18-14-15)11-8-16(13-17)19-20(2,3)4/h5,9,12-14H,1,6-8,10-11H2,2-4H3/t17-/m0/s1. The molecule has 0 saturated carbocycles. The van der Waals surface area contributed by atoms with Gasteiger partial charge in [0.2, 0.25) is 8.32 Å². The summed E-state index contributed by atoms with van der Waals surface area (Å²) in [6.45, 7) is 10.8. The topological polar surface area (TPSA) is 22.4 Å². The first-order chi connectivity index (χ1) is 9.42. The van der Waals surface area contributed by atoms with Gasteiger partial charge in [0.15, 0.2) is 0 Å². The maximum absolute atomic E-state index is 6.15. The second kappa shape index (κ2) is 6.04. The predicted molar refractivity (Wildman–Crippen MR) is 86.0 cm³/mol. The maximum Gasteiger partial charge on any atom is 0.241 e. The fourth-order valence-corrected chi connectivity index (χ4v) is 3.76. The largest absolute Gasteiger partial charge is 0.548 e. The van der Waals surface area contributed by atoms with Crippen LogP contribution in [0, 0.1) is 5.41 Å². The van der Waals surface area contributed by atoms with E-state index in [-0.39, 0.29) is 5.41 Å². The van der Waals surface area contributed by atoms with E-state index >= 15 is 0 Å². The van der Waals surface area contributed by atoms with Gasteiger partial charge >= 0.3 is 0 Å². The second-order valence-electron chi connectivity index (χ2n) is 6.75. The molecule has 2 nitrogen and oxygen atoms in total. The number of hydrogen-bond donors (Lipinski definition) is 0. The van der Waals surface area contributed by atoms with Crippen molar-refractivity contribution >= 4 is 8.32 Å². The Morgan fingerprint density at radius 1 is 1.45 bits per heavy atom. The van der Waals surface area contributed by atoms with Crippen LogP contribution in [0.4, 0.5) is 0 Å². The van der Waals surface area contributed by atoms with E-state index in [1.54, 1.807) is 6.26 Å². The van der Waals surface area contributed by atoms with Crippen LogP contribution in [0.25, 0.3) is 0 Å². The van der Waals surface area contributed by atoms with Crippen LogP contribution in [0.2, 0.25) is 19.6 Å². The van der Waals surface area contributed by atoms with Crippen molar-refractivity contribution in [3.05, 3.63) is 48.6 Å². The molecule has 20 heavy (non-hydrogen) atoms. The first kappa shape index (κ1) is 15.2. The average Bonchev–Trinajstić information content (AvgIpc) is 2.98. The number of allylic oxidation sites excluding steroid dienone is 3. The van der Waals surface area contributed by atoms with Crippen molar-refractivity contribution in [1.82, 2.24) is 0 Å². The third-order valence-electron chi connectivity index (χ3n) is 3.82. The molecule has 1 atom stereocenters. The zero-order valence-electron chi connectivity index (χ0n) is 12.9. The van der Waals surface area contributed by atoms with Gasteiger partial charge < -0.3 is 8.84 Å². The molecule has 0 spiro atoms. The van der Waals surface area contributed by atoms with E-state index in [1.807, 2.05) is 12.3 Å². The Bertz CT molecular complexity index is 468. The molecule has 0 fully saturated rings. The van der Waals surface area contributed by atoms with E-state index in [4.69, 9.17) is 8.84 Å². The van der Waals surface area contributed by atoms with Crippen molar-refractivity contribution in [1.29, 1.82) is 0 Å². The summed E-state index contributed by atoms with van der Waals surface area (Å²) in [6.07, 6.45) is 13.6. The summed E-state index contributed by atoms with van der Waals surface area (Å²) >= 11 is 0. The van der Waals surface area contributed by atoms with E-state index in [1.165, 1.54) is 11.3 Å². The summed E-state index contributed by atoms with van der Waals surface area (Å²) in [7, 11) is -1.49. The zero-order valence-corrected chi connectivity index (χ0v) is 13.9. The van der Waals surface area contributed by atoms with Gasteiger partial charge in [-0.2, -0.15) is 0 Å². The molecule has 0 unspecified atom stereocenters. The van der Waals surface area contributed by atoms with Gasteiger partial charge in [-0.25, -0.2) is 0 Å². The lowest BCUT2D eigenvalue weighted by Gasteiger charge is -2.22. The highest BCUT2D eigenvalue weighted by atomic mass is 28.4. The minimum absolute atomic E-state index is 0.138. The summed E-state index contributed by atoms with van der Waals surface area (Å²) < 4.78 is 11.3. The molecule has 3 heteroatoms. The molecule has 0 N–H and O–H groups in total. The highest BCUT2D eigenvalue weighted by Crippen LogP contribution is 2.42. The molecule has 2 rings (SSSR count). The van der Waals surface area contributed by atoms with Crippen LogP contribution < -0.4 is 0 Å². The monoisotopic (exact) mass is 290 g/mol. The van der Waals surface area contributed by atoms with Crippen LogP contribution >= 0.6 is 0 Å². The summed E-state index contributed by atoms with van der Waals surface area (Å²) in [5.41, 5.74) is 1.42. The third kappa shape index (κ3) is 4.14. The molecule has 1 aromatic heterocycles. The first-order valence-corrected chi connectivity index (χ1v) is 10.9. The van der Waals surface area contributed by atoms with Gasteiger partial charge in [-0.1, -0.05) is 6.08 Å². The minimum Gasteiger partial charge on any atom is -0.548 e. The summed E-state index contributed by atoms with van der Waals surface area (Å²) in [4.78, 5) is 0. The van der Waals surface area contributed by atoms with Crippen LogP contribution in [0.15, 0.2) is 47.5 Å². The highest BCUT2D eigenvalue weighted by Gasteiger charge is 2.32. The quantitative estimate of drug-likeness (QED) is 0.502. The molecule has 1 aliphatic rings. The fourth-order valence-electron chi connectivity index (χ4n) is 2.81. The first-order valence-electron chi connectivity index (χ1n) is 7.48. The third-order valence-corrected chi connectivity index (χ3v) is 4.69. The van der Waals surface area contributed by atoms with Gasteiger partial charge in [-0.15, -0.1) is 6.58 Å². The lowest BCUT2D eigenvalue weighted by atomic mass is 9.82. The van der Waals surface area contributed by atoms with Crippen LogP contribution in [-0.4, -0.2) is 8.32 Å². The molecule has 1 aliphatic carbocycles. The molecular weight excluding hydrogens is 264 g/mol. The van der Waals surface area contributed by atoms with Crippen LogP contribution in [0.5, 0.6) is 0 Å². The SMILES string of the molecule is C=C[C@@]1(CCCc2ccoc2)C=C(O[Si](C)(C)C)CC1. The zero-order chi connectivity index (χ0) is 14.6. The highest BCUT2D eigenvalue weighted by molar-refractivity contribution is 6.70. The molecule has 110 valence electrons. The van der Waals surface area contributed by atoms with E-state index < -0.39 is 8.32 Å². The Labute approximate surface area is 123 Å². The van der Waals surface area contributed by atoms with Gasteiger partial charge in [0.05, 0.1) is 18.3 Å². The number of aryl methyl sites for hydroxylation is 1. The van der Waals surface area contributed by atoms with Gasteiger partial charge in [-0.3, -0.25) is 0 Å². The minimum atomic E-state index is -1.49. The van der Waals surface area contributed by atoms with Crippen molar-refractivity contribution < 1.29 is 8.84 Å². The summed E-state index contributed by atoms with van der Waals surface area (Å²) in [5, 5.41) is 0. The van der Waals surface area contributed by atoms with E-state index in [0.29, 0.717) is 0 Å². The average molecular weight is 290 g/mol. The predicted octanol–water partition coefficient (Wildman–Crippen LogP) is 5.30. The normalized spacial score (nSPS) is 22.6. The van der Waals surface area contributed by atoms with Crippen LogP contribution in [-0.2, 0) is 10.8 Å². The smallest absolute Gasteiger partial charge is 0.241 e. The maximum atomic E-state index is 6.15. The number of furan rings is 1. The van der Waals surface area contributed by atoms with Crippen molar-refractivity contribution in [3.8, 4) is 0 Å². The van der Waals surface area contributed by atoms with E-state index in [0.717, 1.165) is 32.1 Å². The Morgan fingerprint density at radius 3 is 2.85 bits per heavy atom. The van der Waals surface area contributed by atoms with Crippen molar-refractivity contribution in [3.63, 3.8) is 0 Å². The summed E-state index contributed by atoms with van der Waals surface area (Å²) in [5.74, 6) is 1.19. The van der Waals surface area contributed by atoms with Crippen molar-refractivity contribution in [2.24, 2.45) is 5.41 Å². The lowest BCUT2D eigenvalue weighted by Crippen LogP contribution is -2.24. The number of rotatable bonds is 7. The molecule has 0 aliphatic heterocycles. The summed E-state index contributed by atoms with van der Waals surface area (Å²) in [6, 6.07) is 2.05. The molecule has 0 amide bonds. The molecule has 1 aromatic rings. The van der Waals surface area contributed by atoms with Crippen LogP contribution in [0.1, 0.15) is 31.2 Å². The number of hydrogen-bond acceptors (Lipinski definition) is 2. The van der Waals surface area contributed by atoms with Gasteiger partial charge in [-0.05, 0) is 63.0 Å². The lowest BCUT2D eigenvalue weighted by molar-refractivity contribution is 0.400. The Balaban J connectivity index is 1.91. The van der Waals surface area contributed by atoms with Crippen LogP contribution in [0.3, 0.4) is 0 Å².